The molecule has 0 bridgehead atoms. The maximum absolute atomic E-state index is 13.4. The highest BCUT2D eigenvalue weighted by Crippen LogP contribution is 2.42. The monoisotopic (exact) mass is 404 g/mol. The molecule has 160 valence electrons. The zero-order chi connectivity index (χ0) is 21.1. The molecular formula is C27H36N2O. The van der Waals surface area contributed by atoms with E-state index in [-0.39, 0.29) is 11.4 Å². The van der Waals surface area contributed by atoms with Crippen molar-refractivity contribution in [3.63, 3.8) is 0 Å². The number of likely N-dealkylation sites (tertiary alicyclic amines) is 1. The highest BCUT2D eigenvalue weighted by atomic mass is 16.2. The minimum absolute atomic E-state index is 0.123. The normalized spacial score (nSPS) is 19.5. The molecule has 0 spiro atoms. The number of amides is 1. The molecule has 0 atom stereocenters. The summed E-state index contributed by atoms with van der Waals surface area (Å²) in [6, 6.07) is 17.2. The minimum Gasteiger partial charge on any atom is -0.307 e. The molecule has 0 radical (unpaired) electrons. The van der Waals surface area contributed by atoms with Crippen LogP contribution in [0.3, 0.4) is 0 Å². The lowest BCUT2D eigenvalue weighted by atomic mass is 9.79. The molecule has 0 saturated carbocycles. The summed E-state index contributed by atoms with van der Waals surface area (Å²) in [7, 11) is 2.22. The molecule has 1 amide bonds. The zero-order valence-electron chi connectivity index (χ0n) is 18.9. The Labute approximate surface area is 182 Å². The summed E-state index contributed by atoms with van der Waals surface area (Å²) in [4.78, 5) is 18.0. The molecule has 0 unspecified atom stereocenters. The fourth-order valence-electron chi connectivity index (χ4n) is 5.32. The van der Waals surface area contributed by atoms with Gasteiger partial charge in [0.05, 0.1) is 0 Å². The van der Waals surface area contributed by atoms with E-state index in [1.54, 1.807) is 0 Å². The van der Waals surface area contributed by atoms with Crippen LogP contribution >= 0.6 is 0 Å². The predicted molar refractivity (Wildman–Crippen MR) is 125 cm³/mol. The first kappa shape index (κ1) is 21.1. The van der Waals surface area contributed by atoms with E-state index in [0.29, 0.717) is 12.3 Å². The Morgan fingerprint density at radius 2 is 1.77 bits per heavy atom. The van der Waals surface area contributed by atoms with Crippen LogP contribution in [0.5, 0.6) is 0 Å². The number of aryl methyl sites for hydroxylation is 1. The van der Waals surface area contributed by atoms with E-state index in [0.717, 1.165) is 25.7 Å². The van der Waals surface area contributed by atoms with Crippen molar-refractivity contribution in [2.45, 2.75) is 70.3 Å². The quantitative estimate of drug-likeness (QED) is 0.650. The van der Waals surface area contributed by atoms with E-state index in [1.165, 1.54) is 48.3 Å². The van der Waals surface area contributed by atoms with E-state index in [1.807, 2.05) is 6.07 Å². The molecule has 2 heterocycles. The number of anilines is 1. The highest BCUT2D eigenvalue weighted by molar-refractivity contribution is 5.96. The van der Waals surface area contributed by atoms with E-state index in [9.17, 15) is 4.79 Å². The number of rotatable bonds is 5. The van der Waals surface area contributed by atoms with Crippen molar-refractivity contribution >= 4 is 11.6 Å². The second kappa shape index (κ2) is 8.93. The first-order chi connectivity index (χ1) is 14.5. The van der Waals surface area contributed by atoms with Gasteiger partial charge in [0.15, 0.2) is 0 Å². The van der Waals surface area contributed by atoms with Gasteiger partial charge in [0.2, 0.25) is 5.91 Å². The van der Waals surface area contributed by atoms with Crippen LogP contribution in [0.25, 0.3) is 0 Å². The van der Waals surface area contributed by atoms with Crippen molar-refractivity contribution in [3.05, 3.63) is 65.2 Å². The third-order valence-corrected chi connectivity index (χ3v) is 7.13. The van der Waals surface area contributed by atoms with Gasteiger partial charge in [-0.3, -0.25) is 4.79 Å². The van der Waals surface area contributed by atoms with Crippen molar-refractivity contribution in [1.82, 2.24) is 4.90 Å². The predicted octanol–water partition coefficient (Wildman–Crippen LogP) is 5.58. The standard InChI is InChI=1S/C27H36N2O/c1-27(2)18-15-24-23(22-16-19-28(3)20-17-22)12-8-13-25(24)29(27)26(30)14-7-11-21-9-5-4-6-10-21/h4-6,8-10,12-13,22H,7,11,14-20H2,1-3H3. The van der Waals surface area contributed by atoms with Gasteiger partial charge in [-0.05, 0) is 101 Å². The van der Waals surface area contributed by atoms with Crippen LogP contribution in [0.4, 0.5) is 5.69 Å². The van der Waals surface area contributed by atoms with Crippen molar-refractivity contribution in [1.29, 1.82) is 0 Å². The number of carbonyl (C=O) groups is 1. The van der Waals surface area contributed by atoms with E-state index >= 15 is 0 Å². The highest BCUT2D eigenvalue weighted by Gasteiger charge is 2.38. The molecule has 3 heteroatoms. The number of carbonyl (C=O) groups excluding carboxylic acids is 1. The molecule has 0 N–H and O–H groups in total. The summed E-state index contributed by atoms with van der Waals surface area (Å²) in [6.07, 6.45) is 7.04. The average molecular weight is 405 g/mol. The van der Waals surface area contributed by atoms with Gasteiger partial charge in [0.25, 0.3) is 0 Å². The van der Waals surface area contributed by atoms with E-state index < -0.39 is 0 Å². The lowest BCUT2D eigenvalue weighted by Crippen LogP contribution is -2.51. The summed E-state index contributed by atoms with van der Waals surface area (Å²) >= 11 is 0. The SMILES string of the molecule is CN1CCC(c2cccc3c2CCC(C)(C)N3C(=O)CCCc2ccccc2)CC1. The van der Waals surface area contributed by atoms with E-state index in [2.05, 4.69) is 73.2 Å². The Morgan fingerprint density at radius 3 is 2.50 bits per heavy atom. The average Bonchev–Trinajstić information content (AvgIpc) is 2.74. The van der Waals surface area contributed by atoms with Crippen LogP contribution in [0, 0.1) is 0 Å². The molecule has 1 fully saturated rings. The summed E-state index contributed by atoms with van der Waals surface area (Å²) in [5.74, 6) is 0.907. The first-order valence-corrected chi connectivity index (χ1v) is 11.6. The van der Waals surface area contributed by atoms with E-state index in [4.69, 9.17) is 0 Å². The van der Waals surface area contributed by atoms with Crippen LogP contribution in [-0.2, 0) is 17.6 Å². The molecule has 4 rings (SSSR count). The van der Waals surface area contributed by atoms with Gasteiger partial charge in [0, 0.05) is 17.6 Å². The number of nitrogens with zero attached hydrogens (tertiary/aromatic N) is 2. The molecule has 2 aromatic rings. The molecule has 0 aromatic heterocycles. The maximum atomic E-state index is 13.4. The topological polar surface area (TPSA) is 23.6 Å². The zero-order valence-corrected chi connectivity index (χ0v) is 18.9. The van der Waals surface area contributed by atoms with Crippen LogP contribution in [-0.4, -0.2) is 36.5 Å². The Bertz CT molecular complexity index is 866. The van der Waals surface area contributed by atoms with Gasteiger partial charge in [-0.1, -0.05) is 42.5 Å². The third kappa shape index (κ3) is 4.46. The maximum Gasteiger partial charge on any atom is 0.227 e. The van der Waals surface area contributed by atoms with Crippen LogP contribution in [0.2, 0.25) is 0 Å². The van der Waals surface area contributed by atoms with Gasteiger partial charge in [0.1, 0.15) is 0 Å². The van der Waals surface area contributed by atoms with Crippen molar-refractivity contribution in [2.75, 3.05) is 25.0 Å². The number of hydrogen-bond donors (Lipinski definition) is 0. The first-order valence-electron chi connectivity index (χ1n) is 11.6. The Balaban J connectivity index is 1.53. The van der Waals surface area contributed by atoms with Gasteiger partial charge in [-0.25, -0.2) is 0 Å². The van der Waals surface area contributed by atoms with Crippen molar-refractivity contribution in [2.24, 2.45) is 0 Å². The smallest absolute Gasteiger partial charge is 0.227 e. The third-order valence-electron chi connectivity index (χ3n) is 7.13. The summed E-state index contributed by atoms with van der Waals surface area (Å²) < 4.78 is 0. The lowest BCUT2D eigenvalue weighted by Gasteiger charge is -2.45. The Morgan fingerprint density at radius 1 is 1.03 bits per heavy atom. The molecule has 0 aliphatic carbocycles. The van der Waals surface area contributed by atoms with Crippen molar-refractivity contribution < 1.29 is 4.79 Å². The van der Waals surface area contributed by atoms with Gasteiger partial charge < -0.3 is 9.80 Å². The van der Waals surface area contributed by atoms with Crippen molar-refractivity contribution in [3.8, 4) is 0 Å². The molecule has 2 aliphatic heterocycles. The molecule has 3 nitrogen and oxygen atoms in total. The van der Waals surface area contributed by atoms with Gasteiger partial charge in [-0.2, -0.15) is 0 Å². The Kier molecular flexibility index (Phi) is 6.29. The molecule has 2 aliphatic rings. The number of benzene rings is 2. The number of hydrogen-bond acceptors (Lipinski definition) is 2. The molecular weight excluding hydrogens is 368 g/mol. The van der Waals surface area contributed by atoms with Crippen LogP contribution < -0.4 is 4.90 Å². The summed E-state index contributed by atoms with van der Waals surface area (Å²) in [5.41, 5.74) is 5.30. The fourth-order valence-corrected chi connectivity index (χ4v) is 5.32. The number of fused-ring (bicyclic) bond motifs is 1. The molecule has 30 heavy (non-hydrogen) atoms. The summed E-state index contributed by atoms with van der Waals surface area (Å²) in [6.45, 7) is 6.80. The second-order valence-corrected chi connectivity index (χ2v) is 9.80. The van der Waals surface area contributed by atoms with Gasteiger partial charge in [-0.15, -0.1) is 0 Å². The largest absolute Gasteiger partial charge is 0.307 e. The minimum atomic E-state index is -0.123. The van der Waals surface area contributed by atoms with Crippen LogP contribution in [0.1, 0.15) is 68.6 Å². The molecule has 2 aromatic carbocycles. The molecule has 1 saturated heterocycles. The number of piperidine rings is 1. The Hall–Kier alpha value is -2.13. The lowest BCUT2D eigenvalue weighted by molar-refractivity contribution is -0.119. The van der Waals surface area contributed by atoms with Crippen LogP contribution in [0.15, 0.2) is 48.5 Å². The van der Waals surface area contributed by atoms with Gasteiger partial charge >= 0.3 is 0 Å². The fraction of sp³-hybridized carbons (Fsp3) is 0.519. The summed E-state index contributed by atoms with van der Waals surface area (Å²) in [5, 5.41) is 0. The second-order valence-electron chi connectivity index (χ2n) is 9.80.